The second kappa shape index (κ2) is 5.23. The molecule has 0 spiro atoms. The molecule has 1 aromatic rings. The molecule has 0 aliphatic carbocycles. The Labute approximate surface area is 105 Å². The number of hydrogen-bond donors (Lipinski definition) is 0. The van der Waals surface area contributed by atoms with E-state index in [-0.39, 0.29) is 11.1 Å². The molecule has 1 aromatic carbocycles. The molecule has 0 heterocycles. The van der Waals surface area contributed by atoms with Crippen molar-refractivity contribution in [1.29, 1.82) is 0 Å². The fraction of sp³-hybridized carbons (Fsp3) is 0.455. The number of nitrogens with zero attached hydrogens (tertiary/aromatic N) is 3. The van der Waals surface area contributed by atoms with Gasteiger partial charge < -0.3 is 0 Å². The van der Waals surface area contributed by atoms with Crippen molar-refractivity contribution in [2.75, 3.05) is 0 Å². The Bertz CT molecular complexity index is 423. The zero-order valence-electron chi connectivity index (χ0n) is 9.92. The van der Waals surface area contributed by atoms with Crippen LogP contribution < -0.4 is 0 Å². The summed E-state index contributed by atoms with van der Waals surface area (Å²) < 4.78 is 0. The SMILES string of the molecule is CC(C)(C)C(Cl)N=Nc1ccc([N+](=O)[O-])cc1. The van der Waals surface area contributed by atoms with Gasteiger partial charge in [-0.05, 0) is 12.1 Å². The molecule has 6 heteroatoms. The number of nitro groups is 1. The molecule has 1 rings (SSSR count). The molecule has 0 N–H and O–H groups in total. The van der Waals surface area contributed by atoms with Crippen molar-refractivity contribution in [3.63, 3.8) is 0 Å². The zero-order valence-corrected chi connectivity index (χ0v) is 10.7. The van der Waals surface area contributed by atoms with Gasteiger partial charge in [-0.3, -0.25) is 10.1 Å². The molecular weight excluding hydrogens is 242 g/mol. The summed E-state index contributed by atoms with van der Waals surface area (Å²) in [7, 11) is 0. The summed E-state index contributed by atoms with van der Waals surface area (Å²) in [5, 5.41) is 18.3. The maximum atomic E-state index is 10.4. The van der Waals surface area contributed by atoms with E-state index in [1.165, 1.54) is 24.3 Å². The Kier molecular flexibility index (Phi) is 4.17. The fourth-order valence-corrected chi connectivity index (χ4v) is 0.975. The Morgan fingerprint density at radius 3 is 2.24 bits per heavy atom. The number of hydrogen-bond acceptors (Lipinski definition) is 4. The Balaban J connectivity index is 2.76. The van der Waals surface area contributed by atoms with Gasteiger partial charge in [-0.25, -0.2) is 0 Å². The van der Waals surface area contributed by atoms with Crippen LogP contribution in [0.5, 0.6) is 0 Å². The minimum atomic E-state index is -0.458. The van der Waals surface area contributed by atoms with Crippen LogP contribution in [-0.4, -0.2) is 10.4 Å². The smallest absolute Gasteiger partial charge is 0.258 e. The van der Waals surface area contributed by atoms with Crippen LogP contribution in [0, 0.1) is 15.5 Å². The van der Waals surface area contributed by atoms with Crippen LogP contribution in [0.25, 0.3) is 0 Å². The number of benzene rings is 1. The van der Waals surface area contributed by atoms with E-state index < -0.39 is 10.4 Å². The van der Waals surface area contributed by atoms with Gasteiger partial charge in [0.1, 0.15) is 5.50 Å². The molecule has 0 saturated heterocycles. The lowest BCUT2D eigenvalue weighted by Gasteiger charge is -2.19. The number of non-ortho nitro benzene ring substituents is 1. The highest BCUT2D eigenvalue weighted by Crippen LogP contribution is 2.27. The standard InChI is InChI=1S/C11H14ClN3O2/c1-11(2,3)10(12)14-13-8-4-6-9(7-5-8)15(16)17/h4-7,10H,1-3H3. The first-order chi connectivity index (χ1) is 7.80. The van der Waals surface area contributed by atoms with Gasteiger partial charge in [0.05, 0.1) is 10.6 Å². The summed E-state index contributed by atoms with van der Waals surface area (Å²) in [6.07, 6.45) is 0. The highest BCUT2D eigenvalue weighted by molar-refractivity contribution is 6.20. The molecule has 0 fully saturated rings. The summed E-state index contributed by atoms with van der Waals surface area (Å²) in [4.78, 5) is 9.98. The van der Waals surface area contributed by atoms with Crippen LogP contribution in [-0.2, 0) is 0 Å². The second-order valence-electron chi connectivity index (χ2n) is 4.69. The molecule has 0 radical (unpaired) electrons. The number of nitro benzene ring substituents is 1. The Morgan fingerprint density at radius 1 is 1.29 bits per heavy atom. The van der Waals surface area contributed by atoms with Gasteiger partial charge in [0.25, 0.3) is 5.69 Å². The lowest BCUT2D eigenvalue weighted by Crippen LogP contribution is -2.17. The first kappa shape index (κ1) is 13.6. The summed E-state index contributed by atoms with van der Waals surface area (Å²) >= 11 is 6.02. The largest absolute Gasteiger partial charge is 0.269 e. The van der Waals surface area contributed by atoms with E-state index in [9.17, 15) is 10.1 Å². The zero-order chi connectivity index (χ0) is 13.1. The van der Waals surface area contributed by atoms with Crippen molar-refractivity contribution in [1.82, 2.24) is 0 Å². The van der Waals surface area contributed by atoms with Crippen LogP contribution in [0.4, 0.5) is 11.4 Å². The third-order valence-electron chi connectivity index (χ3n) is 2.05. The molecule has 0 aliphatic rings. The summed E-state index contributed by atoms with van der Waals surface area (Å²) in [6.45, 7) is 5.87. The van der Waals surface area contributed by atoms with Gasteiger partial charge in [0, 0.05) is 17.5 Å². The third kappa shape index (κ3) is 4.11. The normalized spacial score (nSPS) is 13.9. The number of alkyl halides is 1. The van der Waals surface area contributed by atoms with Crippen molar-refractivity contribution < 1.29 is 4.92 Å². The van der Waals surface area contributed by atoms with Crippen molar-refractivity contribution in [3.05, 3.63) is 34.4 Å². The minimum absolute atomic E-state index is 0.0298. The predicted molar refractivity (Wildman–Crippen MR) is 66.7 cm³/mol. The first-order valence-corrected chi connectivity index (χ1v) is 5.54. The van der Waals surface area contributed by atoms with Gasteiger partial charge in [-0.15, -0.1) is 0 Å². The molecule has 0 saturated carbocycles. The van der Waals surface area contributed by atoms with Crippen LogP contribution in [0.15, 0.2) is 34.5 Å². The molecule has 92 valence electrons. The molecular formula is C11H14ClN3O2. The highest BCUT2D eigenvalue weighted by Gasteiger charge is 2.21. The maximum Gasteiger partial charge on any atom is 0.269 e. The molecule has 0 amide bonds. The van der Waals surface area contributed by atoms with Crippen molar-refractivity contribution in [2.45, 2.75) is 26.3 Å². The van der Waals surface area contributed by atoms with E-state index in [1.807, 2.05) is 20.8 Å². The quantitative estimate of drug-likeness (QED) is 0.266. The second-order valence-corrected chi connectivity index (χ2v) is 5.10. The van der Waals surface area contributed by atoms with Gasteiger partial charge in [0.15, 0.2) is 0 Å². The van der Waals surface area contributed by atoms with Gasteiger partial charge in [0.2, 0.25) is 0 Å². The highest BCUT2D eigenvalue weighted by atomic mass is 35.5. The molecule has 5 nitrogen and oxygen atoms in total. The Morgan fingerprint density at radius 2 is 1.82 bits per heavy atom. The average molecular weight is 256 g/mol. The molecule has 1 unspecified atom stereocenters. The van der Waals surface area contributed by atoms with Crippen molar-refractivity contribution in [3.8, 4) is 0 Å². The Hall–Kier alpha value is -1.49. The van der Waals surface area contributed by atoms with E-state index in [0.29, 0.717) is 5.69 Å². The van der Waals surface area contributed by atoms with Crippen molar-refractivity contribution in [2.24, 2.45) is 15.6 Å². The van der Waals surface area contributed by atoms with Gasteiger partial charge in [-0.2, -0.15) is 10.2 Å². The summed E-state index contributed by atoms with van der Waals surface area (Å²) in [5.74, 6) is 0. The fourth-order valence-electron chi connectivity index (χ4n) is 0.932. The lowest BCUT2D eigenvalue weighted by atomic mass is 9.97. The predicted octanol–water partition coefficient (Wildman–Crippen LogP) is 4.29. The topological polar surface area (TPSA) is 67.9 Å². The molecule has 1 atom stereocenters. The molecule has 0 bridgehead atoms. The maximum absolute atomic E-state index is 10.4. The summed E-state index contributed by atoms with van der Waals surface area (Å²) in [5.41, 5.74) is -0.0309. The minimum Gasteiger partial charge on any atom is -0.258 e. The molecule has 0 aromatic heterocycles. The van der Waals surface area contributed by atoms with Gasteiger partial charge in [-0.1, -0.05) is 32.4 Å². The van der Waals surface area contributed by atoms with E-state index in [0.717, 1.165) is 0 Å². The van der Waals surface area contributed by atoms with E-state index in [4.69, 9.17) is 11.6 Å². The average Bonchev–Trinajstić information content (AvgIpc) is 2.25. The number of rotatable bonds is 3. The lowest BCUT2D eigenvalue weighted by molar-refractivity contribution is -0.384. The number of azo groups is 1. The van der Waals surface area contributed by atoms with Crippen LogP contribution in [0.1, 0.15) is 20.8 Å². The van der Waals surface area contributed by atoms with Crippen LogP contribution in [0.2, 0.25) is 0 Å². The molecule has 17 heavy (non-hydrogen) atoms. The van der Waals surface area contributed by atoms with E-state index >= 15 is 0 Å². The van der Waals surface area contributed by atoms with Crippen LogP contribution >= 0.6 is 11.6 Å². The molecule has 0 aliphatic heterocycles. The van der Waals surface area contributed by atoms with Crippen LogP contribution in [0.3, 0.4) is 0 Å². The van der Waals surface area contributed by atoms with E-state index in [2.05, 4.69) is 10.2 Å². The monoisotopic (exact) mass is 255 g/mol. The first-order valence-electron chi connectivity index (χ1n) is 5.10. The number of halogens is 1. The van der Waals surface area contributed by atoms with Gasteiger partial charge >= 0.3 is 0 Å². The third-order valence-corrected chi connectivity index (χ3v) is 2.79. The van der Waals surface area contributed by atoms with E-state index in [1.54, 1.807) is 0 Å². The summed E-state index contributed by atoms with van der Waals surface area (Å²) in [6, 6.07) is 5.84. The van der Waals surface area contributed by atoms with Crippen molar-refractivity contribution >= 4 is 23.0 Å².